The van der Waals surface area contributed by atoms with E-state index >= 15 is 0 Å². The first-order valence-corrected chi connectivity index (χ1v) is 8.23. The van der Waals surface area contributed by atoms with Crippen LogP contribution in [0.3, 0.4) is 0 Å². The van der Waals surface area contributed by atoms with Gasteiger partial charge in [0.25, 0.3) is 5.91 Å². The molecule has 3 aromatic rings. The highest BCUT2D eigenvalue weighted by Crippen LogP contribution is 2.22. The summed E-state index contributed by atoms with van der Waals surface area (Å²) in [6.45, 7) is 1.89. The fourth-order valence-corrected chi connectivity index (χ4v) is 2.81. The number of aromatic amines is 1. The van der Waals surface area contributed by atoms with Crippen molar-refractivity contribution < 1.29 is 14.7 Å². The standard InChI is InChI=1S/C20H19N3O3/c1-13-7-5-6-10-15(13)16(11-18(24)25)23-20(26)17-12-21-19(22-17)14-8-3-2-4-9-14/h2-10,12,16H,11H2,1H3,(H,21,22)(H,23,26)(H,24,25)/t16-/m0/s1. The zero-order valence-electron chi connectivity index (χ0n) is 14.3. The van der Waals surface area contributed by atoms with Crippen molar-refractivity contribution in [2.75, 3.05) is 0 Å². The quantitative estimate of drug-likeness (QED) is 0.636. The second kappa shape index (κ2) is 7.65. The predicted octanol–water partition coefficient (Wildman–Crippen LogP) is 3.33. The number of carbonyl (C=O) groups excluding carboxylic acids is 1. The molecule has 3 N–H and O–H groups in total. The minimum atomic E-state index is -0.981. The third-order valence-electron chi connectivity index (χ3n) is 4.11. The Morgan fingerprint density at radius 1 is 1.12 bits per heavy atom. The van der Waals surface area contributed by atoms with Crippen molar-refractivity contribution in [2.45, 2.75) is 19.4 Å². The van der Waals surface area contributed by atoms with E-state index in [0.717, 1.165) is 16.7 Å². The number of hydrogen-bond acceptors (Lipinski definition) is 3. The summed E-state index contributed by atoms with van der Waals surface area (Å²) in [7, 11) is 0. The van der Waals surface area contributed by atoms with Crippen molar-refractivity contribution >= 4 is 11.9 Å². The first kappa shape index (κ1) is 17.4. The highest BCUT2D eigenvalue weighted by molar-refractivity contribution is 5.93. The van der Waals surface area contributed by atoms with E-state index in [2.05, 4.69) is 15.3 Å². The Balaban J connectivity index is 1.81. The van der Waals surface area contributed by atoms with Crippen molar-refractivity contribution in [3.05, 3.63) is 77.6 Å². The molecule has 0 radical (unpaired) electrons. The Morgan fingerprint density at radius 2 is 1.81 bits per heavy atom. The van der Waals surface area contributed by atoms with Gasteiger partial charge in [0.15, 0.2) is 0 Å². The molecule has 0 aliphatic carbocycles. The van der Waals surface area contributed by atoms with Crippen molar-refractivity contribution in [1.82, 2.24) is 15.3 Å². The molecule has 1 amide bonds. The van der Waals surface area contributed by atoms with Crippen LogP contribution in [0.4, 0.5) is 0 Å². The average molecular weight is 349 g/mol. The molecule has 0 saturated heterocycles. The molecule has 26 heavy (non-hydrogen) atoms. The third kappa shape index (κ3) is 3.97. The van der Waals surface area contributed by atoms with Crippen LogP contribution in [-0.4, -0.2) is 27.0 Å². The summed E-state index contributed by atoms with van der Waals surface area (Å²) in [5.74, 6) is -0.815. The molecule has 0 aliphatic rings. The smallest absolute Gasteiger partial charge is 0.305 e. The van der Waals surface area contributed by atoms with Crippen LogP contribution in [-0.2, 0) is 4.79 Å². The number of nitrogens with one attached hydrogen (secondary N) is 2. The van der Waals surface area contributed by atoms with Crippen LogP contribution in [0.1, 0.15) is 34.1 Å². The topological polar surface area (TPSA) is 95.1 Å². The Morgan fingerprint density at radius 3 is 2.50 bits per heavy atom. The lowest BCUT2D eigenvalue weighted by atomic mass is 9.98. The zero-order chi connectivity index (χ0) is 18.5. The number of carboxylic acid groups (broad SMARTS) is 1. The van der Waals surface area contributed by atoms with Crippen molar-refractivity contribution in [2.24, 2.45) is 0 Å². The van der Waals surface area contributed by atoms with E-state index in [0.29, 0.717) is 5.82 Å². The number of carbonyl (C=O) groups is 2. The summed E-state index contributed by atoms with van der Waals surface area (Å²) in [6, 6.07) is 16.2. The lowest BCUT2D eigenvalue weighted by molar-refractivity contribution is -0.137. The molecule has 1 atom stereocenters. The minimum Gasteiger partial charge on any atom is -0.481 e. The van der Waals surface area contributed by atoms with Gasteiger partial charge in [-0.25, -0.2) is 4.98 Å². The lowest BCUT2D eigenvalue weighted by Crippen LogP contribution is -2.30. The first-order valence-electron chi connectivity index (χ1n) is 8.23. The van der Waals surface area contributed by atoms with Crippen LogP contribution in [0.15, 0.2) is 60.8 Å². The van der Waals surface area contributed by atoms with E-state index in [1.807, 2.05) is 61.5 Å². The van der Waals surface area contributed by atoms with E-state index in [1.165, 1.54) is 6.20 Å². The van der Waals surface area contributed by atoms with Crippen LogP contribution >= 0.6 is 0 Å². The molecule has 0 fully saturated rings. The predicted molar refractivity (Wildman–Crippen MR) is 97.7 cm³/mol. The first-order chi connectivity index (χ1) is 12.5. The molecule has 0 bridgehead atoms. The minimum absolute atomic E-state index is 0.202. The highest BCUT2D eigenvalue weighted by Gasteiger charge is 2.21. The molecule has 0 saturated carbocycles. The number of benzene rings is 2. The maximum Gasteiger partial charge on any atom is 0.305 e. The normalized spacial score (nSPS) is 11.7. The van der Waals surface area contributed by atoms with Crippen molar-refractivity contribution in [3.63, 3.8) is 0 Å². The van der Waals surface area contributed by atoms with Crippen LogP contribution in [0.2, 0.25) is 0 Å². The van der Waals surface area contributed by atoms with E-state index in [4.69, 9.17) is 0 Å². The van der Waals surface area contributed by atoms with Gasteiger partial charge in [0.2, 0.25) is 0 Å². The molecule has 2 aromatic carbocycles. The Hall–Kier alpha value is -3.41. The Labute approximate surface area is 150 Å². The number of hydrogen-bond donors (Lipinski definition) is 3. The molecule has 0 spiro atoms. The van der Waals surface area contributed by atoms with Gasteiger partial charge in [-0.3, -0.25) is 9.59 Å². The number of H-pyrrole nitrogens is 1. The van der Waals surface area contributed by atoms with Gasteiger partial charge in [0, 0.05) is 11.8 Å². The van der Waals surface area contributed by atoms with Crippen LogP contribution in [0, 0.1) is 6.92 Å². The van der Waals surface area contributed by atoms with E-state index in [9.17, 15) is 14.7 Å². The van der Waals surface area contributed by atoms with E-state index in [1.54, 1.807) is 0 Å². The molecule has 6 nitrogen and oxygen atoms in total. The number of carboxylic acids is 1. The maximum absolute atomic E-state index is 12.6. The SMILES string of the molecule is Cc1ccccc1[C@H](CC(=O)O)NC(=O)c1c[nH]c(-c2ccccc2)n1. The maximum atomic E-state index is 12.6. The number of imidazole rings is 1. The summed E-state index contributed by atoms with van der Waals surface area (Å²) in [5, 5.41) is 12.0. The monoisotopic (exact) mass is 349 g/mol. The Kier molecular flexibility index (Phi) is 5.12. The molecular formula is C20H19N3O3. The Bertz CT molecular complexity index is 919. The molecule has 1 aromatic heterocycles. The van der Waals surface area contributed by atoms with Gasteiger partial charge >= 0.3 is 5.97 Å². The van der Waals surface area contributed by atoms with Crippen LogP contribution < -0.4 is 5.32 Å². The molecule has 132 valence electrons. The fraction of sp³-hybridized carbons (Fsp3) is 0.150. The third-order valence-corrected chi connectivity index (χ3v) is 4.11. The molecule has 0 unspecified atom stereocenters. The molecule has 1 heterocycles. The molecule has 3 rings (SSSR count). The number of aliphatic carboxylic acids is 1. The number of rotatable bonds is 6. The number of aryl methyl sites for hydroxylation is 1. The lowest BCUT2D eigenvalue weighted by Gasteiger charge is -2.18. The van der Waals surface area contributed by atoms with Gasteiger partial charge < -0.3 is 15.4 Å². The zero-order valence-corrected chi connectivity index (χ0v) is 14.3. The second-order valence-corrected chi connectivity index (χ2v) is 5.98. The highest BCUT2D eigenvalue weighted by atomic mass is 16.4. The summed E-state index contributed by atoms with van der Waals surface area (Å²) in [6.07, 6.45) is 1.32. The molecule has 0 aliphatic heterocycles. The van der Waals surface area contributed by atoms with Crippen LogP contribution in [0.25, 0.3) is 11.4 Å². The van der Waals surface area contributed by atoms with Gasteiger partial charge in [0.1, 0.15) is 11.5 Å². The second-order valence-electron chi connectivity index (χ2n) is 5.98. The average Bonchev–Trinajstić information content (AvgIpc) is 3.12. The molecule has 6 heteroatoms. The fourth-order valence-electron chi connectivity index (χ4n) is 2.81. The van der Waals surface area contributed by atoms with Gasteiger partial charge in [-0.15, -0.1) is 0 Å². The summed E-state index contributed by atoms with van der Waals surface area (Å²) in [5.41, 5.74) is 2.79. The van der Waals surface area contributed by atoms with Crippen molar-refractivity contribution in [1.29, 1.82) is 0 Å². The summed E-state index contributed by atoms with van der Waals surface area (Å²) in [4.78, 5) is 31.1. The largest absolute Gasteiger partial charge is 0.481 e. The van der Waals surface area contributed by atoms with E-state index in [-0.39, 0.29) is 12.1 Å². The summed E-state index contributed by atoms with van der Waals surface area (Å²) < 4.78 is 0. The van der Waals surface area contributed by atoms with Gasteiger partial charge in [-0.05, 0) is 18.1 Å². The van der Waals surface area contributed by atoms with Crippen LogP contribution in [0.5, 0.6) is 0 Å². The number of amides is 1. The molecular weight excluding hydrogens is 330 g/mol. The van der Waals surface area contributed by atoms with Gasteiger partial charge in [0.05, 0.1) is 12.5 Å². The van der Waals surface area contributed by atoms with Gasteiger partial charge in [-0.2, -0.15) is 0 Å². The number of aromatic nitrogens is 2. The van der Waals surface area contributed by atoms with Gasteiger partial charge in [-0.1, -0.05) is 54.6 Å². The van der Waals surface area contributed by atoms with Crippen molar-refractivity contribution in [3.8, 4) is 11.4 Å². The van der Waals surface area contributed by atoms with E-state index < -0.39 is 17.9 Å². The number of nitrogens with zero attached hydrogens (tertiary/aromatic N) is 1. The summed E-state index contributed by atoms with van der Waals surface area (Å²) >= 11 is 0.